The molecule has 2 nitrogen and oxygen atoms in total. The van der Waals surface area contributed by atoms with Crippen molar-refractivity contribution in [3.05, 3.63) is 13.3 Å². The fraction of sp³-hybridized carbons (Fsp3) is 0.818. The molecule has 0 saturated carbocycles. The largest absolute Gasteiger partial charge is 2.00 e. The van der Waals surface area contributed by atoms with Crippen molar-refractivity contribution in [2.24, 2.45) is 0 Å². The fourth-order valence-electron chi connectivity index (χ4n) is 0.946. The van der Waals surface area contributed by atoms with Gasteiger partial charge in [0.2, 0.25) is 0 Å². The number of hydrogen-bond acceptors (Lipinski definition) is 2. The molecule has 0 aliphatic rings. The van der Waals surface area contributed by atoms with Gasteiger partial charge in [0.15, 0.2) is 0 Å². The molecular formula is C11H22O2W. The molecule has 3 heteroatoms. The van der Waals surface area contributed by atoms with Gasteiger partial charge in [-0.1, -0.05) is 12.7 Å². The average Bonchev–Trinajstić information content (AvgIpc) is 2.01. The first-order chi connectivity index (χ1) is 6.06. The zero-order valence-electron chi connectivity index (χ0n) is 9.66. The molecule has 0 bridgehead atoms. The number of rotatable bonds is 7. The molecule has 0 aromatic heterocycles. The van der Waals surface area contributed by atoms with Gasteiger partial charge >= 0.3 is 21.1 Å². The summed E-state index contributed by atoms with van der Waals surface area (Å²) in [5, 5.41) is 0. The van der Waals surface area contributed by atoms with Gasteiger partial charge in [-0.3, -0.25) is 6.42 Å². The molecule has 1 unspecified atom stereocenters. The van der Waals surface area contributed by atoms with Crippen molar-refractivity contribution < 1.29 is 30.5 Å². The molecule has 0 heterocycles. The van der Waals surface area contributed by atoms with E-state index in [0.717, 1.165) is 6.42 Å². The SMILES string of the molecule is [CH2-]CC([CH-]COC(C)C)OC(C)C.[W+2]. The maximum Gasteiger partial charge on any atom is 2.00 e. The molecule has 0 aromatic rings. The molecule has 0 amide bonds. The summed E-state index contributed by atoms with van der Waals surface area (Å²) < 4.78 is 11.0. The molecule has 0 radical (unpaired) electrons. The van der Waals surface area contributed by atoms with Crippen LogP contribution in [0.25, 0.3) is 0 Å². The molecule has 0 aromatic carbocycles. The van der Waals surface area contributed by atoms with Crippen LogP contribution in [0.1, 0.15) is 34.1 Å². The number of ether oxygens (including phenoxy) is 2. The first-order valence-corrected chi connectivity index (χ1v) is 4.96. The third kappa shape index (κ3) is 10.7. The zero-order chi connectivity index (χ0) is 10.3. The second-order valence-electron chi connectivity index (χ2n) is 3.63. The molecule has 0 saturated heterocycles. The van der Waals surface area contributed by atoms with Crippen LogP contribution in [0.4, 0.5) is 0 Å². The van der Waals surface area contributed by atoms with E-state index in [0.29, 0.717) is 6.61 Å². The van der Waals surface area contributed by atoms with Crippen molar-refractivity contribution in [1.82, 2.24) is 0 Å². The van der Waals surface area contributed by atoms with E-state index >= 15 is 0 Å². The van der Waals surface area contributed by atoms with Crippen LogP contribution in [0, 0.1) is 13.3 Å². The molecule has 0 aliphatic carbocycles. The molecule has 1 atom stereocenters. The zero-order valence-corrected chi connectivity index (χ0v) is 12.6. The Morgan fingerprint density at radius 1 is 1.14 bits per heavy atom. The van der Waals surface area contributed by atoms with Crippen LogP contribution in [0.5, 0.6) is 0 Å². The Balaban J connectivity index is 0. The van der Waals surface area contributed by atoms with E-state index in [4.69, 9.17) is 9.47 Å². The Kier molecular flexibility index (Phi) is 12.3. The molecule has 0 rings (SSSR count). The minimum Gasteiger partial charge on any atom is -0.410 e. The van der Waals surface area contributed by atoms with Crippen molar-refractivity contribution in [3.8, 4) is 0 Å². The number of hydrogen-bond donors (Lipinski definition) is 0. The van der Waals surface area contributed by atoms with Gasteiger partial charge in [0.1, 0.15) is 0 Å². The monoisotopic (exact) mass is 370 g/mol. The second kappa shape index (κ2) is 10.1. The van der Waals surface area contributed by atoms with Crippen LogP contribution < -0.4 is 0 Å². The summed E-state index contributed by atoms with van der Waals surface area (Å²) >= 11 is 0. The van der Waals surface area contributed by atoms with Crippen molar-refractivity contribution in [3.63, 3.8) is 0 Å². The summed E-state index contributed by atoms with van der Waals surface area (Å²) in [5.41, 5.74) is 0. The van der Waals surface area contributed by atoms with Gasteiger partial charge in [0.25, 0.3) is 0 Å². The van der Waals surface area contributed by atoms with E-state index in [1.54, 1.807) is 0 Å². The third-order valence-corrected chi connectivity index (χ3v) is 1.52. The van der Waals surface area contributed by atoms with Crippen molar-refractivity contribution in [1.29, 1.82) is 0 Å². The smallest absolute Gasteiger partial charge is 0.410 e. The summed E-state index contributed by atoms with van der Waals surface area (Å²) in [4.78, 5) is 0. The van der Waals surface area contributed by atoms with Crippen molar-refractivity contribution in [2.75, 3.05) is 6.61 Å². The quantitative estimate of drug-likeness (QED) is 0.642. The molecule has 84 valence electrons. The van der Waals surface area contributed by atoms with Gasteiger partial charge in [-0.15, -0.1) is 0 Å². The Hall–Kier alpha value is 0.608. The first kappa shape index (κ1) is 17.0. The van der Waals surface area contributed by atoms with Crippen molar-refractivity contribution in [2.45, 2.75) is 52.4 Å². The Morgan fingerprint density at radius 2 is 1.71 bits per heavy atom. The predicted molar refractivity (Wildman–Crippen MR) is 55.4 cm³/mol. The summed E-state index contributed by atoms with van der Waals surface area (Å²) in [6.45, 7) is 12.6. The molecule has 14 heavy (non-hydrogen) atoms. The van der Waals surface area contributed by atoms with E-state index in [-0.39, 0.29) is 39.4 Å². The standard InChI is InChI=1S/C11H22O2.W/c1-6-11(13-10(4)5)7-8-12-9(2)3;/h7,9-11H,1,6,8H2,2-5H3;/q-2;+2. The Morgan fingerprint density at radius 3 is 2.07 bits per heavy atom. The summed E-state index contributed by atoms with van der Waals surface area (Å²) in [6, 6.07) is 0. The average molecular weight is 370 g/mol. The van der Waals surface area contributed by atoms with Crippen LogP contribution in [-0.4, -0.2) is 24.9 Å². The summed E-state index contributed by atoms with van der Waals surface area (Å²) in [6.07, 6.45) is 3.45. The normalized spacial score (nSPS) is 13.1. The summed E-state index contributed by atoms with van der Waals surface area (Å²) in [7, 11) is 0. The van der Waals surface area contributed by atoms with Crippen LogP contribution in [-0.2, 0) is 30.5 Å². The molecule has 0 aliphatic heterocycles. The maximum absolute atomic E-state index is 5.58. The van der Waals surface area contributed by atoms with Gasteiger partial charge in [-0.25, -0.2) is 0 Å². The van der Waals surface area contributed by atoms with E-state index < -0.39 is 0 Å². The van der Waals surface area contributed by atoms with Crippen molar-refractivity contribution >= 4 is 0 Å². The molecular weight excluding hydrogens is 348 g/mol. The molecule has 0 N–H and O–H groups in total. The Labute approximate surface area is 103 Å². The van der Waals surface area contributed by atoms with Gasteiger partial charge in [0.05, 0.1) is 0 Å². The second-order valence-corrected chi connectivity index (χ2v) is 3.63. The predicted octanol–water partition coefficient (Wildman–Crippen LogP) is 2.63. The van der Waals surface area contributed by atoms with E-state index in [2.05, 4.69) is 6.92 Å². The maximum atomic E-state index is 5.58. The first-order valence-electron chi connectivity index (χ1n) is 4.96. The minimum atomic E-state index is 0. The van der Waals surface area contributed by atoms with Gasteiger partial charge in [0, 0.05) is 12.2 Å². The van der Waals surface area contributed by atoms with E-state index in [1.165, 1.54) is 0 Å². The van der Waals surface area contributed by atoms with E-state index in [1.807, 2.05) is 34.1 Å². The molecule has 0 fully saturated rings. The topological polar surface area (TPSA) is 18.5 Å². The Bertz CT molecular complexity index is 116. The van der Waals surface area contributed by atoms with Gasteiger partial charge < -0.3 is 16.4 Å². The van der Waals surface area contributed by atoms with Crippen LogP contribution in [0.2, 0.25) is 0 Å². The van der Waals surface area contributed by atoms with Crippen LogP contribution in [0.15, 0.2) is 0 Å². The minimum absolute atomic E-state index is 0. The van der Waals surface area contributed by atoms with E-state index in [9.17, 15) is 0 Å². The fourth-order valence-corrected chi connectivity index (χ4v) is 0.946. The van der Waals surface area contributed by atoms with Gasteiger partial charge in [-0.05, 0) is 27.7 Å². The van der Waals surface area contributed by atoms with Gasteiger partial charge in [-0.2, -0.15) is 6.42 Å². The summed E-state index contributed by atoms with van der Waals surface area (Å²) in [5.74, 6) is 0. The third-order valence-electron chi connectivity index (χ3n) is 1.52. The molecule has 0 spiro atoms. The van der Waals surface area contributed by atoms with Crippen LogP contribution in [0.3, 0.4) is 0 Å². The van der Waals surface area contributed by atoms with Crippen LogP contribution >= 0.6 is 0 Å².